The summed E-state index contributed by atoms with van der Waals surface area (Å²) >= 11 is 0. The summed E-state index contributed by atoms with van der Waals surface area (Å²) in [5.41, 5.74) is 0. The summed E-state index contributed by atoms with van der Waals surface area (Å²) in [6.07, 6.45) is 0.697. The van der Waals surface area contributed by atoms with Crippen LogP contribution in [0.25, 0.3) is 0 Å². The molecule has 16 heavy (non-hydrogen) atoms. The van der Waals surface area contributed by atoms with E-state index in [9.17, 15) is 8.42 Å². The van der Waals surface area contributed by atoms with Gasteiger partial charge >= 0.3 is 0 Å². The molecule has 1 heterocycles. The highest BCUT2D eigenvalue weighted by molar-refractivity contribution is 7.89. The zero-order valence-corrected chi connectivity index (χ0v) is 11.0. The van der Waals surface area contributed by atoms with Crippen LogP contribution >= 0.6 is 0 Å². The first-order valence-corrected chi connectivity index (χ1v) is 7.08. The van der Waals surface area contributed by atoms with Crippen LogP contribution in [0.1, 0.15) is 20.3 Å². The summed E-state index contributed by atoms with van der Waals surface area (Å²) < 4.78 is 35.9. The SMILES string of the molecule is COCCC1CN(S(=O)(=O)C(C)C)CCO1. The molecule has 1 saturated heterocycles. The van der Waals surface area contributed by atoms with Crippen molar-refractivity contribution in [2.45, 2.75) is 31.6 Å². The van der Waals surface area contributed by atoms with Crippen molar-refractivity contribution < 1.29 is 17.9 Å². The first kappa shape index (κ1) is 13.9. The Kier molecular flexibility index (Phi) is 5.17. The molecule has 0 radical (unpaired) electrons. The monoisotopic (exact) mass is 251 g/mol. The molecule has 5 nitrogen and oxygen atoms in total. The molecule has 0 aromatic rings. The maximum absolute atomic E-state index is 11.9. The van der Waals surface area contributed by atoms with Gasteiger partial charge in [0, 0.05) is 26.8 Å². The van der Waals surface area contributed by atoms with Gasteiger partial charge in [0.25, 0.3) is 0 Å². The van der Waals surface area contributed by atoms with Gasteiger partial charge in [-0.1, -0.05) is 0 Å². The van der Waals surface area contributed by atoms with Gasteiger partial charge in [0.15, 0.2) is 0 Å². The number of ether oxygens (including phenoxy) is 2. The Hall–Kier alpha value is -0.170. The van der Waals surface area contributed by atoms with E-state index in [2.05, 4.69) is 0 Å². The van der Waals surface area contributed by atoms with E-state index in [1.54, 1.807) is 21.0 Å². The number of methoxy groups -OCH3 is 1. The predicted octanol–water partition coefficient (Wildman–Crippen LogP) is 0.462. The summed E-state index contributed by atoms with van der Waals surface area (Å²) in [6.45, 7) is 5.39. The molecule has 96 valence electrons. The molecular weight excluding hydrogens is 230 g/mol. The Morgan fingerprint density at radius 2 is 2.19 bits per heavy atom. The van der Waals surface area contributed by atoms with Gasteiger partial charge in [0.2, 0.25) is 10.0 Å². The first-order chi connectivity index (χ1) is 7.48. The van der Waals surface area contributed by atoms with E-state index in [0.29, 0.717) is 26.3 Å². The van der Waals surface area contributed by atoms with Gasteiger partial charge in [-0.2, -0.15) is 4.31 Å². The molecule has 0 bridgehead atoms. The Morgan fingerprint density at radius 1 is 1.50 bits per heavy atom. The molecule has 1 unspecified atom stereocenters. The Bertz CT molecular complexity index is 302. The number of morpholine rings is 1. The Labute approximate surface area is 97.8 Å². The van der Waals surface area contributed by atoms with Crippen molar-refractivity contribution in [3.05, 3.63) is 0 Å². The van der Waals surface area contributed by atoms with Crippen LogP contribution in [0.5, 0.6) is 0 Å². The summed E-state index contributed by atoms with van der Waals surface area (Å²) in [4.78, 5) is 0. The molecule has 0 spiro atoms. The fraction of sp³-hybridized carbons (Fsp3) is 1.00. The van der Waals surface area contributed by atoms with Crippen molar-refractivity contribution in [1.82, 2.24) is 4.31 Å². The average Bonchev–Trinajstić information content (AvgIpc) is 2.26. The largest absolute Gasteiger partial charge is 0.385 e. The number of hydrogen-bond acceptors (Lipinski definition) is 4. The lowest BCUT2D eigenvalue weighted by Gasteiger charge is -2.33. The number of rotatable bonds is 5. The molecular formula is C10H21NO4S. The summed E-state index contributed by atoms with van der Waals surface area (Å²) in [6, 6.07) is 0. The maximum Gasteiger partial charge on any atom is 0.216 e. The van der Waals surface area contributed by atoms with Crippen LogP contribution in [-0.2, 0) is 19.5 Å². The molecule has 0 aliphatic carbocycles. The second-order valence-corrected chi connectivity index (χ2v) is 6.72. The maximum atomic E-state index is 11.9. The third-order valence-corrected chi connectivity index (χ3v) is 4.94. The molecule has 0 amide bonds. The van der Waals surface area contributed by atoms with Crippen molar-refractivity contribution in [1.29, 1.82) is 0 Å². The normalized spacial score (nSPS) is 23.9. The highest BCUT2D eigenvalue weighted by atomic mass is 32.2. The average molecular weight is 251 g/mol. The molecule has 1 fully saturated rings. The highest BCUT2D eigenvalue weighted by Gasteiger charge is 2.31. The molecule has 6 heteroatoms. The van der Waals surface area contributed by atoms with Crippen LogP contribution in [0.2, 0.25) is 0 Å². The van der Waals surface area contributed by atoms with E-state index in [4.69, 9.17) is 9.47 Å². The van der Waals surface area contributed by atoms with E-state index in [0.717, 1.165) is 6.42 Å². The lowest BCUT2D eigenvalue weighted by atomic mass is 10.2. The second-order valence-electron chi connectivity index (χ2n) is 4.23. The zero-order chi connectivity index (χ0) is 12.2. The summed E-state index contributed by atoms with van der Waals surface area (Å²) in [7, 11) is -1.51. The minimum absolute atomic E-state index is 0.0396. The Morgan fingerprint density at radius 3 is 2.75 bits per heavy atom. The van der Waals surface area contributed by atoms with Gasteiger partial charge < -0.3 is 9.47 Å². The zero-order valence-electron chi connectivity index (χ0n) is 10.2. The van der Waals surface area contributed by atoms with E-state index < -0.39 is 10.0 Å². The van der Waals surface area contributed by atoms with E-state index >= 15 is 0 Å². The summed E-state index contributed by atoms with van der Waals surface area (Å²) in [5.74, 6) is 0. The predicted molar refractivity (Wildman–Crippen MR) is 61.9 cm³/mol. The molecule has 0 aromatic carbocycles. The molecule has 1 aliphatic heterocycles. The number of hydrogen-bond donors (Lipinski definition) is 0. The highest BCUT2D eigenvalue weighted by Crippen LogP contribution is 2.15. The smallest absolute Gasteiger partial charge is 0.216 e. The van der Waals surface area contributed by atoms with Crippen LogP contribution in [0.15, 0.2) is 0 Å². The molecule has 0 N–H and O–H groups in total. The van der Waals surface area contributed by atoms with Crippen LogP contribution in [0.4, 0.5) is 0 Å². The minimum Gasteiger partial charge on any atom is -0.385 e. The molecule has 1 rings (SSSR count). The van der Waals surface area contributed by atoms with Crippen molar-refractivity contribution in [2.75, 3.05) is 33.4 Å². The standard InChI is InChI=1S/C10H21NO4S/c1-9(2)16(12,13)11-5-7-15-10(8-11)4-6-14-3/h9-10H,4-8H2,1-3H3. The fourth-order valence-corrected chi connectivity index (χ4v) is 2.94. The van der Waals surface area contributed by atoms with Crippen LogP contribution in [0.3, 0.4) is 0 Å². The van der Waals surface area contributed by atoms with Crippen molar-refractivity contribution in [3.8, 4) is 0 Å². The number of sulfonamides is 1. The third kappa shape index (κ3) is 3.41. The van der Waals surface area contributed by atoms with Gasteiger partial charge in [0.1, 0.15) is 0 Å². The number of nitrogens with zero attached hydrogens (tertiary/aromatic N) is 1. The fourth-order valence-electron chi connectivity index (χ4n) is 1.65. The van der Waals surface area contributed by atoms with Crippen molar-refractivity contribution in [3.63, 3.8) is 0 Å². The minimum atomic E-state index is -3.15. The van der Waals surface area contributed by atoms with Crippen molar-refractivity contribution >= 4 is 10.0 Å². The lowest BCUT2D eigenvalue weighted by Crippen LogP contribution is -2.48. The van der Waals surface area contributed by atoms with E-state index in [1.165, 1.54) is 4.31 Å². The van der Waals surface area contributed by atoms with Crippen LogP contribution in [-0.4, -0.2) is 57.5 Å². The van der Waals surface area contributed by atoms with Gasteiger partial charge in [0.05, 0.1) is 18.0 Å². The van der Waals surface area contributed by atoms with Gasteiger partial charge in [-0.3, -0.25) is 0 Å². The Balaban J connectivity index is 2.57. The lowest BCUT2D eigenvalue weighted by molar-refractivity contribution is -0.0169. The van der Waals surface area contributed by atoms with Crippen molar-refractivity contribution in [2.24, 2.45) is 0 Å². The third-order valence-electron chi connectivity index (χ3n) is 2.70. The molecule has 0 saturated carbocycles. The van der Waals surface area contributed by atoms with E-state index in [1.807, 2.05) is 0 Å². The topological polar surface area (TPSA) is 55.8 Å². The van der Waals surface area contributed by atoms with Crippen LogP contribution < -0.4 is 0 Å². The van der Waals surface area contributed by atoms with Gasteiger partial charge in [-0.25, -0.2) is 8.42 Å². The van der Waals surface area contributed by atoms with E-state index in [-0.39, 0.29) is 11.4 Å². The van der Waals surface area contributed by atoms with Crippen LogP contribution in [0, 0.1) is 0 Å². The molecule has 1 aliphatic rings. The van der Waals surface area contributed by atoms with Gasteiger partial charge in [-0.15, -0.1) is 0 Å². The quantitative estimate of drug-likeness (QED) is 0.712. The second kappa shape index (κ2) is 5.95. The molecule has 1 atom stereocenters. The van der Waals surface area contributed by atoms with Gasteiger partial charge in [-0.05, 0) is 20.3 Å². The summed E-state index contributed by atoms with van der Waals surface area (Å²) in [5, 5.41) is -0.367. The first-order valence-electron chi connectivity index (χ1n) is 5.58. The molecule has 0 aromatic heterocycles.